The van der Waals surface area contributed by atoms with Crippen molar-refractivity contribution in [2.45, 2.75) is 6.92 Å². The molecule has 0 aromatic heterocycles. The Balaban J connectivity index is 3.21. The van der Waals surface area contributed by atoms with Crippen molar-refractivity contribution in [2.75, 3.05) is 6.61 Å². The third kappa shape index (κ3) is 1.77. The third-order valence-corrected chi connectivity index (χ3v) is 1.52. The van der Waals surface area contributed by atoms with Crippen LogP contribution in [-0.2, 0) is 0 Å². The van der Waals surface area contributed by atoms with Gasteiger partial charge >= 0.3 is 0 Å². The van der Waals surface area contributed by atoms with E-state index < -0.39 is 5.82 Å². The summed E-state index contributed by atoms with van der Waals surface area (Å²) in [4.78, 5) is 10.3. The molecular formula is C9H9FO3. The third-order valence-electron chi connectivity index (χ3n) is 1.52. The van der Waals surface area contributed by atoms with Crippen LogP contribution in [0.4, 0.5) is 4.39 Å². The number of rotatable bonds is 3. The maximum absolute atomic E-state index is 13.2. The zero-order valence-electron chi connectivity index (χ0n) is 7.08. The van der Waals surface area contributed by atoms with Crippen LogP contribution in [0.15, 0.2) is 12.1 Å². The van der Waals surface area contributed by atoms with E-state index >= 15 is 0 Å². The lowest BCUT2D eigenvalue weighted by Gasteiger charge is -2.07. The molecule has 0 aliphatic heterocycles. The second-order valence-electron chi connectivity index (χ2n) is 2.37. The van der Waals surface area contributed by atoms with Crippen molar-refractivity contribution in [3.8, 4) is 11.5 Å². The van der Waals surface area contributed by atoms with E-state index in [1.54, 1.807) is 6.92 Å². The van der Waals surface area contributed by atoms with Crippen molar-refractivity contribution in [1.82, 2.24) is 0 Å². The summed E-state index contributed by atoms with van der Waals surface area (Å²) in [5, 5.41) is 9.16. The maximum atomic E-state index is 13.2. The molecule has 4 heteroatoms. The van der Waals surface area contributed by atoms with Crippen LogP contribution >= 0.6 is 0 Å². The summed E-state index contributed by atoms with van der Waals surface area (Å²) in [6, 6.07) is 2.41. The zero-order valence-corrected chi connectivity index (χ0v) is 7.08. The fourth-order valence-electron chi connectivity index (χ4n) is 0.934. The quantitative estimate of drug-likeness (QED) is 0.728. The van der Waals surface area contributed by atoms with Crippen molar-refractivity contribution in [3.63, 3.8) is 0 Å². The number of hydrogen-bond acceptors (Lipinski definition) is 3. The summed E-state index contributed by atoms with van der Waals surface area (Å²) in [6.07, 6.45) is 0.372. The molecule has 0 spiro atoms. The molecule has 0 unspecified atom stereocenters. The predicted molar refractivity (Wildman–Crippen MR) is 44.6 cm³/mol. The number of aromatic hydroxyl groups is 1. The monoisotopic (exact) mass is 184 g/mol. The number of phenols is 1. The van der Waals surface area contributed by atoms with Gasteiger partial charge in [0, 0.05) is 0 Å². The molecular weight excluding hydrogens is 175 g/mol. The van der Waals surface area contributed by atoms with E-state index in [9.17, 15) is 9.18 Å². The van der Waals surface area contributed by atoms with Gasteiger partial charge in [-0.2, -0.15) is 0 Å². The highest BCUT2D eigenvalue weighted by atomic mass is 19.1. The number of benzene rings is 1. The van der Waals surface area contributed by atoms with Crippen molar-refractivity contribution < 1.29 is 19.0 Å². The Labute approximate surface area is 74.8 Å². The molecule has 0 heterocycles. The summed E-state index contributed by atoms with van der Waals surface area (Å²) in [5.41, 5.74) is -0.124. The zero-order chi connectivity index (χ0) is 9.84. The van der Waals surface area contributed by atoms with Gasteiger partial charge < -0.3 is 9.84 Å². The summed E-state index contributed by atoms with van der Waals surface area (Å²) in [5.74, 6) is -1.39. The summed E-state index contributed by atoms with van der Waals surface area (Å²) >= 11 is 0. The highest BCUT2D eigenvalue weighted by Crippen LogP contribution is 2.30. The summed E-state index contributed by atoms with van der Waals surface area (Å²) < 4.78 is 18.0. The summed E-state index contributed by atoms with van der Waals surface area (Å²) in [7, 11) is 0. The van der Waals surface area contributed by atoms with Crippen LogP contribution in [0.2, 0.25) is 0 Å². The Hall–Kier alpha value is -1.58. The molecule has 0 saturated heterocycles. The van der Waals surface area contributed by atoms with Gasteiger partial charge in [-0.05, 0) is 19.1 Å². The Morgan fingerprint density at radius 2 is 2.31 bits per heavy atom. The fourth-order valence-corrected chi connectivity index (χ4v) is 0.934. The first-order valence-corrected chi connectivity index (χ1v) is 3.80. The minimum atomic E-state index is -0.822. The second-order valence-corrected chi connectivity index (χ2v) is 2.37. The van der Waals surface area contributed by atoms with Crippen molar-refractivity contribution in [1.29, 1.82) is 0 Å². The lowest BCUT2D eigenvalue weighted by atomic mass is 10.2. The number of aldehydes is 1. The molecule has 0 amide bonds. The van der Waals surface area contributed by atoms with Gasteiger partial charge in [-0.3, -0.25) is 4.79 Å². The van der Waals surface area contributed by atoms with Gasteiger partial charge in [0.2, 0.25) is 0 Å². The van der Waals surface area contributed by atoms with Gasteiger partial charge in [0.05, 0.1) is 12.2 Å². The molecule has 0 fully saturated rings. The van der Waals surface area contributed by atoms with E-state index in [4.69, 9.17) is 9.84 Å². The van der Waals surface area contributed by atoms with Crippen LogP contribution in [0.3, 0.4) is 0 Å². The summed E-state index contributed by atoms with van der Waals surface area (Å²) in [6.45, 7) is 1.89. The minimum Gasteiger partial charge on any atom is -0.504 e. The van der Waals surface area contributed by atoms with Gasteiger partial charge in [0.1, 0.15) is 0 Å². The van der Waals surface area contributed by atoms with Crippen LogP contribution in [0.1, 0.15) is 17.3 Å². The lowest BCUT2D eigenvalue weighted by molar-refractivity contribution is 0.111. The number of hydrogen-bond donors (Lipinski definition) is 1. The predicted octanol–water partition coefficient (Wildman–Crippen LogP) is 1.74. The smallest absolute Gasteiger partial charge is 0.197 e. The number of halogens is 1. The number of phenolic OH excluding ortho intramolecular Hbond substituents is 1. The minimum absolute atomic E-state index is 0.124. The Morgan fingerprint density at radius 1 is 1.62 bits per heavy atom. The average Bonchev–Trinajstić information content (AvgIpc) is 2.12. The van der Waals surface area contributed by atoms with Crippen molar-refractivity contribution >= 4 is 6.29 Å². The van der Waals surface area contributed by atoms with Gasteiger partial charge in [-0.25, -0.2) is 4.39 Å². The molecule has 0 aliphatic rings. The molecule has 1 N–H and O–H groups in total. The van der Waals surface area contributed by atoms with E-state index in [-0.39, 0.29) is 23.7 Å². The molecule has 0 saturated carbocycles. The molecule has 0 radical (unpaired) electrons. The standard InChI is InChI=1S/C9H9FO3/c1-2-13-9-7(12)4-3-6(5-11)8(9)10/h3-5,12H,2H2,1H3. The van der Waals surface area contributed by atoms with Gasteiger partial charge in [-0.15, -0.1) is 0 Å². The molecule has 1 rings (SSSR count). The molecule has 0 atom stereocenters. The Bertz CT molecular complexity index is 323. The average molecular weight is 184 g/mol. The largest absolute Gasteiger partial charge is 0.504 e. The normalized spacial score (nSPS) is 9.69. The molecule has 1 aromatic carbocycles. The first-order valence-electron chi connectivity index (χ1n) is 3.80. The van der Waals surface area contributed by atoms with Crippen molar-refractivity contribution in [2.24, 2.45) is 0 Å². The Morgan fingerprint density at radius 3 is 2.85 bits per heavy atom. The first kappa shape index (κ1) is 9.51. The van der Waals surface area contributed by atoms with Crippen LogP contribution in [0.25, 0.3) is 0 Å². The maximum Gasteiger partial charge on any atom is 0.197 e. The van der Waals surface area contributed by atoms with Crippen LogP contribution < -0.4 is 4.74 Å². The molecule has 1 aromatic rings. The van der Waals surface area contributed by atoms with Crippen LogP contribution in [0.5, 0.6) is 11.5 Å². The SMILES string of the molecule is CCOc1c(O)ccc(C=O)c1F. The van der Waals surface area contributed by atoms with E-state index in [1.165, 1.54) is 12.1 Å². The topological polar surface area (TPSA) is 46.5 Å². The number of carbonyl (C=O) groups excluding carboxylic acids is 1. The van der Waals surface area contributed by atoms with Gasteiger partial charge in [0.25, 0.3) is 0 Å². The van der Waals surface area contributed by atoms with E-state index in [2.05, 4.69) is 0 Å². The highest BCUT2D eigenvalue weighted by molar-refractivity contribution is 5.77. The van der Waals surface area contributed by atoms with Gasteiger partial charge in [-0.1, -0.05) is 0 Å². The fraction of sp³-hybridized carbons (Fsp3) is 0.222. The highest BCUT2D eigenvalue weighted by Gasteiger charge is 2.13. The number of carbonyl (C=O) groups is 1. The first-order chi connectivity index (χ1) is 6.20. The van der Waals surface area contributed by atoms with Crippen LogP contribution in [0, 0.1) is 5.82 Å². The van der Waals surface area contributed by atoms with E-state index in [0.29, 0.717) is 6.29 Å². The van der Waals surface area contributed by atoms with Crippen LogP contribution in [-0.4, -0.2) is 18.0 Å². The van der Waals surface area contributed by atoms with E-state index in [0.717, 1.165) is 0 Å². The molecule has 0 aliphatic carbocycles. The molecule has 3 nitrogen and oxygen atoms in total. The Kier molecular flexibility index (Phi) is 2.84. The van der Waals surface area contributed by atoms with Crippen molar-refractivity contribution in [3.05, 3.63) is 23.5 Å². The second kappa shape index (κ2) is 3.89. The molecule has 0 bridgehead atoms. The van der Waals surface area contributed by atoms with E-state index in [1.807, 2.05) is 0 Å². The van der Waals surface area contributed by atoms with Gasteiger partial charge in [0.15, 0.2) is 23.6 Å². The molecule has 13 heavy (non-hydrogen) atoms. The number of ether oxygens (including phenoxy) is 1. The molecule has 70 valence electrons. The lowest BCUT2D eigenvalue weighted by Crippen LogP contribution is -1.98.